The summed E-state index contributed by atoms with van der Waals surface area (Å²) in [7, 11) is 0. The molecule has 1 saturated carbocycles. The highest BCUT2D eigenvalue weighted by molar-refractivity contribution is 14.1. The predicted molar refractivity (Wildman–Crippen MR) is 95.9 cm³/mol. The van der Waals surface area contributed by atoms with Gasteiger partial charge in [0, 0.05) is 32.8 Å². The zero-order valence-corrected chi connectivity index (χ0v) is 14.1. The normalized spacial score (nSPS) is 15.7. The SMILES string of the molecule is Ic1ccc2ncnc(NCC3(c4ccccn4)CC3)c2c1. The fraction of sp³-hybridized carbons (Fsp3) is 0.235. The topological polar surface area (TPSA) is 50.7 Å². The van der Waals surface area contributed by atoms with Gasteiger partial charge in [-0.2, -0.15) is 0 Å². The first-order valence-electron chi connectivity index (χ1n) is 7.33. The Balaban J connectivity index is 1.61. The first-order chi connectivity index (χ1) is 10.8. The molecule has 1 fully saturated rings. The second-order valence-electron chi connectivity index (χ2n) is 5.73. The summed E-state index contributed by atoms with van der Waals surface area (Å²) in [4.78, 5) is 13.3. The van der Waals surface area contributed by atoms with Crippen LogP contribution in [0.15, 0.2) is 48.9 Å². The molecule has 0 spiro atoms. The van der Waals surface area contributed by atoms with Crippen LogP contribution in [-0.4, -0.2) is 21.5 Å². The lowest BCUT2D eigenvalue weighted by Gasteiger charge is -2.16. The Bertz CT molecular complexity index is 815. The van der Waals surface area contributed by atoms with Crippen LogP contribution in [0.4, 0.5) is 5.82 Å². The molecule has 5 heteroatoms. The number of anilines is 1. The number of nitrogens with one attached hydrogen (secondary N) is 1. The van der Waals surface area contributed by atoms with E-state index in [1.54, 1.807) is 6.33 Å². The van der Waals surface area contributed by atoms with Crippen LogP contribution in [0.1, 0.15) is 18.5 Å². The summed E-state index contributed by atoms with van der Waals surface area (Å²) in [6.07, 6.45) is 5.85. The Morgan fingerprint density at radius 1 is 1.09 bits per heavy atom. The van der Waals surface area contributed by atoms with Gasteiger partial charge in [0.15, 0.2) is 0 Å². The molecular formula is C17H15IN4. The van der Waals surface area contributed by atoms with Crippen molar-refractivity contribution in [2.45, 2.75) is 18.3 Å². The zero-order chi connectivity index (χ0) is 15.0. The van der Waals surface area contributed by atoms with Gasteiger partial charge >= 0.3 is 0 Å². The van der Waals surface area contributed by atoms with E-state index in [4.69, 9.17) is 0 Å². The third-order valence-electron chi connectivity index (χ3n) is 4.25. The van der Waals surface area contributed by atoms with Gasteiger partial charge in [-0.15, -0.1) is 0 Å². The molecule has 0 radical (unpaired) electrons. The first-order valence-corrected chi connectivity index (χ1v) is 8.40. The summed E-state index contributed by atoms with van der Waals surface area (Å²) in [6.45, 7) is 0.863. The summed E-state index contributed by atoms with van der Waals surface area (Å²) >= 11 is 2.32. The Hall–Kier alpha value is -1.76. The summed E-state index contributed by atoms with van der Waals surface area (Å²) in [5.74, 6) is 0.908. The van der Waals surface area contributed by atoms with Gasteiger partial charge in [0.05, 0.1) is 5.52 Å². The number of halogens is 1. The first kappa shape index (κ1) is 13.9. The number of hydrogen-bond donors (Lipinski definition) is 1. The van der Waals surface area contributed by atoms with Crippen LogP contribution < -0.4 is 5.32 Å². The van der Waals surface area contributed by atoms with Crippen molar-refractivity contribution < 1.29 is 0 Å². The molecule has 1 N–H and O–H groups in total. The largest absolute Gasteiger partial charge is 0.369 e. The lowest BCUT2D eigenvalue weighted by atomic mass is 10.0. The summed E-state index contributed by atoms with van der Waals surface area (Å²) in [5, 5.41) is 4.60. The number of benzene rings is 1. The van der Waals surface area contributed by atoms with Gasteiger partial charge < -0.3 is 5.32 Å². The van der Waals surface area contributed by atoms with Crippen LogP contribution >= 0.6 is 22.6 Å². The molecule has 1 aliphatic carbocycles. The van der Waals surface area contributed by atoms with Crippen LogP contribution in [0.2, 0.25) is 0 Å². The van der Waals surface area contributed by atoms with Crippen LogP contribution in [0.3, 0.4) is 0 Å². The Kier molecular flexibility index (Phi) is 3.44. The molecule has 4 rings (SSSR count). The van der Waals surface area contributed by atoms with E-state index in [0.717, 1.165) is 23.3 Å². The van der Waals surface area contributed by atoms with Crippen molar-refractivity contribution in [1.29, 1.82) is 0 Å². The van der Waals surface area contributed by atoms with E-state index in [2.05, 4.69) is 67.1 Å². The fourth-order valence-electron chi connectivity index (χ4n) is 2.77. The Labute approximate surface area is 142 Å². The number of fused-ring (bicyclic) bond motifs is 1. The molecule has 2 aromatic heterocycles. The fourth-order valence-corrected chi connectivity index (χ4v) is 3.26. The van der Waals surface area contributed by atoms with Crippen molar-refractivity contribution in [2.24, 2.45) is 0 Å². The molecule has 3 aromatic rings. The zero-order valence-electron chi connectivity index (χ0n) is 12.0. The standard InChI is InChI=1S/C17H15IN4/c18-12-4-5-14-13(9-12)16(22-11-21-14)20-10-17(6-7-17)15-3-1-2-8-19-15/h1-5,8-9,11H,6-7,10H2,(H,20,21,22). The van der Waals surface area contributed by atoms with Crippen molar-refractivity contribution >= 4 is 39.3 Å². The highest BCUT2D eigenvalue weighted by Crippen LogP contribution is 2.47. The highest BCUT2D eigenvalue weighted by atomic mass is 127. The second-order valence-corrected chi connectivity index (χ2v) is 6.98. The van der Waals surface area contributed by atoms with E-state index >= 15 is 0 Å². The quantitative estimate of drug-likeness (QED) is 0.676. The van der Waals surface area contributed by atoms with Crippen LogP contribution in [-0.2, 0) is 5.41 Å². The maximum Gasteiger partial charge on any atom is 0.137 e. The monoisotopic (exact) mass is 402 g/mol. The third kappa shape index (κ3) is 2.54. The van der Waals surface area contributed by atoms with Crippen LogP contribution in [0.5, 0.6) is 0 Å². The molecule has 0 bridgehead atoms. The van der Waals surface area contributed by atoms with E-state index in [1.807, 2.05) is 18.3 Å². The number of rotatable bonds is 4. The molecule has 0 unspecified atom stereocenters. The summed E-state index contributed by atoms with van der Waals surface area (Å²) in [6, 6.07) is 12.4. The van der Waals surface area contributed by atoms with E-state index in [-0.39, 0.29) is 5.41 Å². The van der Waals surface area contributed by atoms with Gasteiger partial charge in [0.2, 0.25) is 0 Å². The molecular weight excluding hydrogens is 387 g/mol. The third-order valence-corrected chi connectivity index (χ3v) is 4.92. The summed E-state index contributed by atoms with van der Waals surface area (Å²) in [5.41, 5.74) is 2.32. The van der Waals surface area contributed by atoms with E-state index in [0.29, 0.717) is 0 Å². The molecule has 0 atom stereocenters. The molecule has 4 nitrogen and oxygen atoms in total. The molecule has 0 amide bonds. The number of pyridine rings is 1. The van der Waals surface area contributed by atoms with Crippen LogP contribution in [0.25, 0.3) is 10.9 Å². The molecule has 1 aliphatic rings. The van der Waals surface area contributed by atoms with Crippen molar-refractivity contribution in [3.05, 3.63) is 58.2 Å². The highest BCUT2D eigenvalue weighted by Gasteiger charge is 2.45. The van der Waals surface area contributed by atoms with Gasteiger partial charge in [0.25, 0.3) is 0 Å². The minimum Gasteiger partial charge on any atom is -0.369 e. The van der Waals surface area contributed by atoms with Crippen molar-refractivity contribution in [2.75, 3.05) is 11.9 Å². The lowest BCUT2D eigenvalue weighted by molar-refractivity contribution is 0.701. The Morgan fingerprint density at radius 2 is 2.00 bits per heavy atom. The molecule has 22 heavy (non-hydrogen) atoms. The summed E-state index contributed by atoms with van der Waals surface area (Å²) < 4.78 is 1.19. The van der Waals surface area contributed by atoms with Gasteiger partial charge in [-0.05, 0) is 65.8 Å². The molecule has 1 aromatic carbocycles. The van der Waals surface area contributed by atoms with Crippen LogP contribution in [0, 0.1) is 3.57 Å². The van der Waals surface area contributed by atoms with E-state index in [1.165, 1.54) is 22.1 Å². The lowest BCUT2D eigenvalue weighted by Crippen LogP contribution is -2.21. The van der Waals surface area contributed by atoms with Gasteiger partial charge in [-0.25, -0.2) is 9.97 Å². The maximum absolute atomic E-state index is 4.53. The van der Waals surface area contributed by atoms with Gasteiger partial charge in [0.1, 0.15) is 12.1 Å². The average Bonchev–Trinajstić information content (AvgIpc) is 3.35. The van der Waals surface area contributed by atoms with Gasteiger partial charge in [-0.1, -0.05) is 6.07 Å². The molecule has 0 saturated heterocycles. The predicted octanol–water partition coefficient (Wildman–Crippen LogP) is 3.77. The van der Waals surface area contributed by atoms with E-state index < -0.39 is 0 Å². The second kappa shape index (κ2) is 5.46. The number of hydrogen-bond acceptors (Lipinski definition) is 4. The van der Waals surface area contributed by atoms with Gasteiger partial charge in [-0.3, -0.25) is 4.98 Å². The van der Waals surface area contributed by atoms with E-state index in [9.17, 15) is 0 Å². The van der Waals surface area contributed by atoms with Crippen molar-refractivity contribution in [3.63, 3.8) is 0 Å². The molecule has 0 aliphatic heterocycles. The smallest absolute Gasteiger partial charge is 0.137 e. The molecule has 110 valence electrons. The molecule has 2 heterocycles. The minimum absolute atomic E-state index is 0.167. The maximum atomic E-state index is 4.53. The van der Waals surface area contributed by atoms with Crippen molar-refractivity contribution in [3.8, 4) is 0 Å². The average molecular weight is 402 g/mol. The van der Waals surface area contributed by atoms with Crippen molar-refractivity contribution in [1.82, 2.24) is 15.0 Å². The number of aromatic nitrogens is 3. The number of nitrogens with zero attached hydrogens (tertiary/aromatic N) is 3. The minimum atomic E-state index is 0.167. The Morgan fingerprint density at radius 3 is 2.77 bits per heavy atom.